The Kier molecular flexibility index (Phi) is 6.04. The molecule has 1 aliphatic rings. The lowest BCUT2D eigenvalue weighted by Gasteiger charge is -2.45. The Labute approximate surface area is 165 Å². The highest BCUT2D eigenvalue weighted by Gasteiger charge is 2.58. The van der Waals surface area contributed by atoms with Gasteiger partial charge < -0.3 is 15.1 Å². The number of benzene rings is 1. The van der Waals surface area contributed by atoms with Gasteiger partial charge in [-0.05, 0) is 45.0 Å². The molecule has 29 heavy (non-hydrogen) atoms. The van der Waals surface area contributed by atoms with Crippen molar-refractivity contribution in [3.63, 3.8) is 0 Å². The van der Waals surface area contributed by atoms with Gasteiger partial charge in [0.25, 0.3) is 5.91 Å². The minimum Gasteiger partial charge on any atom is -0.478 e. The Morgan fingerprint density at radius 1 is 1.07 bits per heavy atom. The zero-order valence-corrected chi connectivity index (χ0v) is 16.7. The van der Waals surface area contributed by atoms with Gasteiger partial charge in [-0.3, -0.25) is 4.79 Å². The van der Waals surface area contributed by atoms with Gasteiger partial charge in [-0.1, -0.05) is 0 Å². The van der Waals surface area contributed by atoms with Crippen LogP contribution in [0.5, 0.6) is 0 Å². The second-order valence-electron chi connectivity index (χ2n) is 7.13. The highest BCUT2D eigenvalue weighted by atomic mass is 32.2. The van der Waals surface area contributed by atoms with Crippen molar-refractivity contribution in [2.75, 3.05) is 13.1 Å². The maximum Gasteiger partial charge on any atom is 0.426 e. The van der Waals surface area contributed by atoms with E-state index >= 15 is 0 Å². The first-order valence-corrected chi connectivity index (χ1v) is 10.00. The van der Waals surface area contributed by atoms with E-state index in [1.165, 1.54) is 13.8 Å². The quantitative estimate of drug-likeness (QED) is 0.733. The maximum absolute atomic E-state index is 13.0. The second kappa shape index (κ2) is 7.58. The minimum absolute atomic E-state index is 0.102. The molecule has 0 saturated carbocycles. The van der Waals surface area contributed by atoms with Crippen molar-refractivity contribution in [2.45, 2.75) is 49.5 Å². The largest absolute Gasteiger partial charge is 0.478 e. The van der Waals surface area contributed by atoms with Crippen molar-refractivity contribution in [1.82, 2.24) is 9.21 Å². The van der Waals surface area contributed by atoms with Crippen LogP contribution in [0.3, 0.4) is 0 Å². The van der Waals surface area contributed by atoms with Crippen LogP contribution in [-0.2, 0) is 14.8 Å². The number of nitrogens with zero attached hydrogens (tertiary/aromatic N) is 2. The Bertz CT molecular complexity index is 899. The number of halogens is 3. The van der Waals surface area contributed by atoms with Crippen LogP contribution in [0.1, 0.15) is 31.1 Å². The molecule has 0 radical (unpaired) electrons. The summed E-state index contributed by atoms with van der Waals surface area (Å²) in [5.74, 6) is -2.77. The molecule has 162 valence electrons. The number of rotatable bonds is 4. The number of hydrogen-bond acceptors (Lipinski definition) is 5. The molecular weight excluding hydrogens is 417 g/mol. The molecule has 3 atom stereocenters. The molecule has 0 spiro atoms. The van der Waals surface area contributed by atoms with Gasteiger partial charge >= 0.3 is 12.1 Å². The molecular formula is C17H21F3N2O6S. The summed E-state index contributed by atoms with van der Waals surface area (Å²) in [7, 11) is -4.08. The number of aromatic carboxylic acids is 1. The van der Waals surface area contributed by atoms with Gasteiger partial charge in [-0.15, -0.1) is 0 Å². The number of carbonyl (C=O) groups excluding carboxylic acids is 1. The van der Waals surface area contributed by atoms with Gasteiger partial charge in [-0.2, -0.15) is 17.5 Å². The highest BCUT2D eigenvalue weighted by Crippen LogP contribution is 2.34. The molecule has 1 saturated heterocycles. The lowest BCUT2D eigenvalue weighted by molar-refractivity contribution is -0.251. The topological polar surface area (TPSA) is 115 Å². The Hall–Kier alpha value is -2.18. The van der Waals surface area contributed by atoms with E-state index in [0.717, 1.165) is 33.5 Å². The van der Waals surface area contributed by atoms with Crippen molar-refractivity contribution < 1.29 is 41.4 Å². The number of carboxylic acids is 1. The molecule has 1 amide bonds. The SMILES string of the molecule is CC1CN(S(=O)(=O)c2ccc(C(=O)O)cc2)C(C)CN1C(=O)C(C)(O)C(F)(F)F. The number of piperazine rings is 1. The lowest BCUT2D eigenvalue weighted by atomic mass is 10.0. The maximum atomic E-state index is 13.0. The first-order valence-electron chi connectivity index (χ1n) is 8.56. The number of carbonyl (C=O) groups is 2. The average molecular weight is 438 g/mol. The van der Waals surface area contributed by atoms with Gasteiger partial charge in [0, 0.05) is 25.2 Å². The van der Waals surface area contributed by atoms with Gasteiger partial charge in [0.15, 0.2) is 0 Å². The number of carboxylic acid groups (broad SMARTS) is 1. The summed E-state index contributed by atoms with van der Waals surface area (Å²) in [6, 6.07) is 2.71. The van der Waals surface area contributed by atoms with E-state index in [4.69, 9.17) is 5.11 Å². The average Bonchev–Trinajstić information content (AvgIpc) is 2.61. The Morgan fingerprint density at radius 2 is 1.59 bits per heavy atom. The van der Waals surface area contributed by atoms with E-state index in [-0.39, 0.29) is 23.5 Å². The number of alkyl halides is 3. The van der Waals surface area contributed by atoms with Crippen LogP contribution in [0.25, 0.3) is 0 Å². The van der Waals surface area contributed by atoms with Crippen molar-refractivity contribution in [2.24, 2.45) is 0 Å². The van der Waals surface area contributed by atoms with Crippen molar-refractivity contribution in [3.8, 4) is 0 Å². The summed E-state index contributed by atoms with van der Waals surface area (Å²) in [6.07, 6.45) is -5.18. The normalized spacial score (nSPS) is 23.5. The second-order valence-corrected chi connectivity index (χ2v) is 9.02. The summed E-state index contributed by atoms with van der Waals surface area (Å²) in [5, 5.41) is 18.6. The molecule has 1 aromatic rings. The zero-order chi connectivity index (χ0) is 22.4. The number of hydrogen-bond donors (Lipinski definition) is 2. The molecule has 1 fully saturated rings. The predicted molar refractivity (Wildman–Crippen MR) is 94.6 cm³/mol. The van der Waals surface area contributed by atoms with E-state index < -0.39 is 45.8 Å². The lowest BCUT2D eigenvalue weighted by Crippen LogP contribution is -2.65. The van der Waals surface area contributed by atoms with Gasteiger partial charge in [0.2, 0.25) is 15.6 Å². The summed E-state index contributed by atoms with van der Waals surface area (Å²) in [5.41, 5.74) is -3.69. The molecule has 8 nitrogen and oxygen atoms in total. The molecule has 12 heteroatoms. The van der Waals surface area contributed by atoms with E-state index in [9.17, 15) is 36.3 Å². The molecule has 3 unspecified atom stereocenters. The van der Waals surface area contributed by atoms with Gasteiger partial charge in [0.1, 0.15) is 0 Å². The van der Waals surface area contributed by atoms with Crippen molar-refractivity contribution in [3.05, 3.63) is 29.8 Å². The fourth-order valence-electron chi connectivity index (χ4n) is 3.02. The zero-order valence-electron chi connectivity index (χ0n) is 15.8. The van der Waals surface area contributed by atoms with Crippen LogP contribution < -0.4 is 0 Å². The third-order valence-electron chi connectivity index (χ3n) is 4.87. The monoisotopic (exact) mass is 438 g/mol. The highest BCUT2D eigenvalue weighted by molar-refractivity contribution is 7.89. The number of sulfonamides is 1. The Morgan fingerprint density at radius 3 is 2.03 bits per heavy atom. The van der Waals surface area contributed by atoms with Crippen LogP contribution in [0.4, 0.5) is 13.2 Å². The van der Waals surface area contributed by atoms with Gasteiger partial charge in [-0.25, -0.2) is 13.2 Å². The Balaban J connectivity index is 2.27. The summed E-state index contributed by atoms with van der Waals surface area (Å²) in [6.45, 7) is 2.53. The van der Waals surface area contributed by atoms with E-state index in [0.29, 0.717) is 6.92 Å². The van der Waals surface area contributed by atoms with Crippen molar-refractivity contribution >= 4 is 21.9 Å². The van der Waals surface area contributed by atoms with Gasteiger partial charge in [0.05, 0.1) is 10.5 Å². The molecule has 0 bridgehead atoms. The summed E-state index contributed by atoms with van der Waals surface area (Å²) >= 11 is 0. The fourth-order valence-corrected chi connectivity index (χ4v) is 4.72. The molecule has 2 N–H and O–H groups in total. The fraction of sp³-hybridized carbons (Fsp3) is 0.529. The number of aliphatic hydroxyl groups is 1. The smallest absolute Gasteiger partial charge is 0.426 e. The molecule has 1 aromatic carbocycles. The molecule has 1 aliphatic heterocycles. The third-order valence-corrected chi connectivity index (χ3v) is 6.86. The first kappa shape index (κ1) is 23.1. The summed E-state index contributed by atoms with van der Waals surface area (Å²) in [4.78, 5) is 23.8. The molecule has 0 aromatic heterocycles. The van der Waals surface area contributed by atoms with Crippen LogP contribution in [-0.4, -0.2) is 76.7 Å². The third kappa shape index (κ3) is 4.23. The summed E-state index contributed by atoms with van der Waals surface area (Å²) < 4.78 is 65.8. The van der Waals surface area contributed by atoms with Crippen LogP contribution >= 0.6 is 0 Å². The van der Waals surface area contributed by atoms with Crippen LogP contribution in [0.2, 0.25) is 0 Å². The van der Waals surface area contributed by atoms with E-state index in [2.05, 4.69) is 0 Å². The molecule has 1 heterocycles. The minimum atomic E-state index is -5.18. The standard InChI is InChI=1S/C17H21F3N2O6S/c1-10-9-22(29(27,28)13-6-4-12(5-7-13)14(23)24)11(2)8-21(10)15(25)16(3,26)17(18,19)20/h4-7,10-11,26H,8-9H2,1-3H3,(H,23,24). The van der Waals surface area contributed by atoms with Crippen LogP contribution in [0.15, 0.2) is 29.2 Å². The molecule has 0 aliphatic carbocycles. The van der Waals surface area contributed by atoms with E-state index in [1.54, 1.807) is 0 Å². The van der Waals surface area contributed by atoms with Crippen molar-refractivity contribution in [1.29, 1.82) is 0 Å². The predicted octanol–water partition coefficient (Wildman–Crippen LogP) is 1.31. The van der Waals surface area contributed by atoms with Crippen LogP contribution in [0, 0.1) is 0 Å². The molecule has 2 rings (SSSR count). The number of amides is 1. The van der Waals surface area contributed by atoms with E-state index in [1.807, 2.05) is 0 Å². The first-order chi connectivity index (χ1) is 13.1.